The molecule has 20 heavy (non-hydrogen) atoms. The highest BCUT2D eigenvalue weighted by Gasteiger charge is 2.22. The second-order valence-corrected chi connectivity index (χ2v) is 5.38. The van der Waals surface area contributed by atoms with Crippen molar-refractivity contribution in [1.82, 2.24) is 4.98 Å². The number of esters is 1. The molecule has 0 aliphatic carbocycles. The van der Waals surface area contributed by atoms with Gasteiger partial charge < -0.3 is 14.2 Å². The van der Waals surface area contributed by atoms with Gasteiger partial charge in [-0.05, 0) is 12.1 Å². The van der Waals surface area contributed by atoms with Crippen LogP contribution in [0.4, 0.5) is 0 Å². The predicted octanol–water partition coefficient (Wildman–Crippen LogP) is 2.77. The molecule has 0 saturated carbocycles. The lowest BCUT2D eigenvalue weighted by molar-refractivity contribution is -0.103. The van der Waals surface area contributed by atoms with Crippen molar-refractivity contribution < 1.29 is 19.0 Å². The molecular weight excluding hydrogens is 278 g/mol. The summed E-state index contributed by atoms with van der Waals surface area (Å²) in [4.78, 5) is 16.7. The number of carbonyl (C=O) groups excluding carboxylic acids is 1. The van der Waals surface area contributed by atoms with Crippen LogP contribution in [-0.4, -0.2) is 25.2 Å². The van der Waals surface area contributed by atoms with Gasteiger partial charge in [0.05, 0.1) is 10.4 Å². The molecule has 0 radical (unpaired) electrons. The first-order chi connectivity index (χ1) is 9.72. The van der Waals surface area contributed by atoms with E-state index in [1.807, 2.05) is 12.1 Å². The largest absolute Gasteiger partial charge is 0.457 e. The summed E-state index contributed by atoms with van der Waals surface area (Å²) >= 11 is 1.50. The van der Waals surface area contributed by atoms with E-state index in [2.05, 4.69) is 4.98 Å². The summed E-state index contributed by atoms with van der Waals surface area (Å²) < 4.78 is 15.4. The van der Waals surface area contributed by atoms with Gasteiger partial charge in [0.25, 0.3) is 0 Å². The number of carbonyl (C=O) groups is 1. The van der Waals surface area contributed by atoms with Crippen LogP contribution in [0.5, 0.6) is 0 Å². The van der Waals surface area contributed by atoms with Crippen LogP contribution in [-0.2, 0) is 20.8 Å². The Morgan fingerprint density at radius 1 is 1.35 bits per heavy atom. The molecule has 2 aromatic rings. The smallest absolute Gasteiger partial charge is 0.338 e. The third-order valence-electron chi connectivity index (χ3n) is 3.11. The standard InChI is InChI=1S/C14H13NO4S/c1-17-14(18-2)11-6-15-12(20-11)8-3-4-10-9(5-8)7-19-13(10)16/h3-6,14H,7H2,1-2H3. The van der Waals surface area contributed by atoms with Gasteiger partial charge in [-0.2, -0.15) is 0 Å². The topological polar surface area (TPSA) is 57.6 Å². The van der Waals surface area contributed by atoms with E-state index >= 15 is 0 Å². The fourth-order valence-corrected chi connectivity index (χ4v) is 3.09. The zero-order chi connectivity index (χ0) is 14.1. The first kappa shape index (κ1) is 13.2. The molecule has 1 aromatic carbocycles. The minimum Gasteiger partial charge on any atom is -0.457 e. The van der Waals surface area contributed by atoms with E-state index in [9.17, 15) is 4.79 Å². The maximum absolute atomic E-state index is 11.4. The van der Waals surface area contributed by atoms with Crippen molar-refractivity contribution in [3.05, 3.63) is 40.4 Å². The number of methoxy groups -OCH3 is 2. The molecule has 0 N–H and O–H groups in total. The van der Waals surface area contributed by atoms with Crippen LogP contribution in [0.3, 0.4) is 0 Å². The van der Waals surface area contributed by atoms with Gasteiger partial charge in [0.1, 0.15) is 11.6 Å². The van der Waals surface area contributed by atoms with Crippen LogP contribution < -0.4 is 0 Å². The Labute approximate surface area is 120 Å². The monoisotopic (exact) mass is 291 g/mol. The summed E-state index contributed by atoms with van der Waals surface area (Å²) in [6.07, 6.45) is 1.34. The molecule has 0 fully saturated rings. The first-order valence-corrected chi connectivity index (χ1v) is 6.86. The Hall–Kier alpha value is -1.76. The SMILES string of the molecule is COC(OC)c1cnc(-c2ccc3c(c2)COC3=O)s1. The molecule has 0 spiro atoms. The maximum Gasteiger partial charge on any atom is 0.338 e. The zero-order valence-electron chi connectivity index (χ0n) is 11.1. The fourth-order valence-electron chi connectivity index (χ4n) is 2.12. The van der Waals surface area contributed by atoms with Crippen molar-refractivity contribution >= 4 is 17.3 Å². The van der Waals surface area contributed by atoms with Crippen molar-refractivity contribution in [2.75, 3.05) is 14.2 Å². The number of thiazole rings is 1. The number of ether oxygens (including phenoxy) is 3. The van der Waals surface area contributed by atoms with Crippen molar-refractivity contribution in [3.63, 3.8) is 0 Å². The summed E-state index contributed by atoms with van der Waals surface area (Å²) in [5, 5.41) is 0.862. The van der Waals surface area contributed by atoms with E-state index in [1.54, 1.807) is 26.5 Å². The number of hydrogen-bond donors (Lipinski definition) is 0. The summed E-state index contributed by atoms with van der Waals surface area (Å²) in [5.74, 6) is -0.259. The summed E-state index contributed by atoms with van der Waals surface area (Å²) in [7, 11) is 3.18. The van der Waals surface area contributed by atoms with Gasteiger partial charge >= 0.3 is 5.97 Å². The van der Waals surface area contributed by atoms with Crippen LogP contribution >= 0.6 is 11.3 Å². The second kappa shape index (κ2) is 5.32. The van der Waals surface area contributed by atoms with Gasteiger partial charge in [0.15, 0.2) is 6.29 Å². The molecule has 1 aromatic heterocycles. The molecule has 0 bridgehead atoms. The van der Waals surface area contributed by atoms with Gasteiger partial charge in [-0.3, -0.25) is 0 Å². The lowest BCUT2D eigenvalue weighted by atomic mass is 10.1. The molecule has 1 aliphatic heterocycles. The number of nitrogens with zero attached hydrogens (tertiary/aromatic N) is 1. The second-order valence-electron chi connectivity index (χ2n) is 4.32. The minimum atomic E-state index is -0.402. The summed E-state index contributed by atoms with van der Waals surface area (Å²) in [5.41, 5.74) is 2.50. The Balaban J connectivity index is 1.92. The van der Waals surface area contributed by atoms with E-state index < -0.39 is 6.29 Å². The van der Waals surface area contributed by atoms with E-state index in [1.165, 1.54) is 11.3 Å². The molecular formula is C14H13NO4S. The number of benzene rings is 1. The van der Waals surface area contributed by atoms with Gasteiger partial charge in [0.2, 0.25) is 0 Å². The lowest BCUT2D eigenvalue weighted by Gasteiger charge is -2.09. The van der Waals surface area contributed by atoms with Crippen LogP contribution in [0.1, 0.15) is 27.1 Å². The number of hydrogen-bond acceptors (Lipinski definition) is 6. The van der Waals surface area contributed by atoms with E-state index in [0.29, 0.717) is 12.2 Å². The van der Waals surface area contributed by atoms with Crippen LogP contribution in [0, 0.1) is 0 Å². The predicted molar refractivity (Wildman–Crippen MR) is 73.4 cm³/mol. The summed E-state index contributed by atoms with van der Waals surface area (Å²) in [6, 6.07) is 5.60. The average Bonchev–Trinajstić information content (AvgIpc) is 3.08. The highest BCUT2D eigenvalue weighted by Crippen LogP contribution is 2.32. The van der Waals surface area contributed by atoms with E-state index in [4.69, 9.17) is 14.2 Å². The molecule has 3 rings (SSSR count). The Morgan fingerprint density at radius 2 is 2.15 bits per heavy atom. The van der Waals surface area contributed by atoms with Crippen molar-refractivity contribution in [2.24, 2.45) is 0 Å². The maximum atomic E-state index is 11.4. The molecule has 2 heterocycles. The number of aromatic nitrogens is 1. The quantitative estimate of drug-likeness (QED) is 0.640. The lowest BCUT2D eigenvalue weighted by Crippen LogP contribution is -2.00. The van der Waals surface area contributed by atoms with E-state index in [-0.39, 0.29) is 5.97 Å². The van der Waals surface area contributed by atoms with Crippen LogP contribution in [0.2, 0.25) is 0 Å². The molecule has 0 atom stereocenters. The van der Waals surface area contributed by atoms with Gasteiger partial charge in [-0.1, -0.05) is 6.07 Å². The molecule has 6 heteroatoms. The Bertz CT molecular complexity index is 648. The average molecular weight is 291 g/mol. The molecule has 0 saturated heterocycles. The van der Waals surface area contributed by atoms with Crippen molar-refractivity contribution in [1.29, 1.82) is 0 Å². The number of cyclic esters (lactones) is 1. The van der Waals surface area contributed by atoms with Gasteiger partial charge in [-0.25, -0.2) is 9.78 Å². The number of rotatable bonds is 4. The minimum absolute atomic E-state index is 0.259. The van der Waals surface area contributed by atoms with Crippen LogP contribution in [0.15, 0.2) is 24.4 Å². The molecule has 0 unspecified atom stereocenters. The highest BCUT2D eigenvalue weighted by atomic mass is 32.1. The normalized spacial score (nSPS) is 13.7. The van der Waals surface area contributed by atoms with Crippen LogP contribution in [0.25, 0.3) is 10.6 Å². The van der Waals surface area contributed by atoms with Gasteiger partial charge in [-0.15, -0.1) is 11.3 Å². The Kier molecular flexibility index (Phi) is 3.52. The third kappa shape index (κ3) is 2.22. The fraction of sp³-hybridized carbons (Fsp3) is 0.286. The molecule has 0 amide bonds. The van der Waals surface area contributed by atoms with Crippen molar-refractivity contribution in [2.45, 2.75) is 12.9 Å². The van der Waals surface area contributed by atoms with E-state index in [0.717, 1.165) is 21.0 Å². The third-order valence-corrected chi connectivity index (χ3v) is 4.18. The summed E-state index contributed by atoms with van der Waals surface area (Å²) in [6.45, 7) is 0.332. The van der Waals surface area contributed by atoms with Gasteiger partial charge in [0, 0.05) is 31.5 Å². The molecule has 1 aliphatic rings. The zero-order valence-corrected chi connectivity index (χ0v) is 11.9. The first-order valence-electron chi connectivity index (χ1n) is 6.04. The van der Waals surface area contributed by atoms with Crippen molar-refractivity contribution in [3.8, 4) is 10.6 Å². The highest BCUT2D eigenvalue weighted by molar-refractivity contribution is 7.15. The Morgan fingerprint density at radius 3 is 2.90 bits per heavy atom. The molecule has 104 valence electrons. The molecule has 5 nitrogen and oxygen atoms in total. The number of fused-ring (bicyclic) bond motifs is 1.